The third-order valence-corrected chi connectivity index (χ3v) is 10.1. The number of thioether (sulfide) groups is 1. The Bertz CT molecular complexity index is 1490. The fourth-order valence-electron chi connectivity index (χ4n) is 4.82. The van der Waals surface area contributed by atoms with Crippen molar-refractivity contribution in [1.29, 1.82) is 0 Å². The van der Waals surface area contributed by atoms with Gasteiger partial charge in [-0.3, -0.25) is 0 Å². The van der Waals surface area contributed by atoms with Gasteiger partial charge in [0, 0.05) is 35.9 Å². The highest BCUT2D eigenvalue weighted by Gasteiger charge is 2.41. The van der Waals surface area contributed by atoms with E-state index in [9.17, 15) is 17.6 Å². The Morgan fingerprint density at radius 1 is 1.12 bits per heavy atom. The molecule has 212 valence electrons. The molecule has 0 unspecified atom stereocenters. The molecule has 10 heteroatoms. The van der Waals surface area contributed by atoms with E-state index in [4.69, 9.17) is 9.84 Å². The summed E-state index contributed by atoms with van der Waals surface area (Å²) in [6.07, 6.45) is 3.59. The lowest BCUT2D eigenvalue weighted by Gasteiger charge is -2.35. The zero-order valence-electron chi connectivity index (χ0n) is 22.7. The highest BCUT2D eigenvalue weighted by Crippen LogP contribution is 2.47. The van der Waals surface area contributed by atoms with E-state index in [-0.39, 0.29) is 16.4 Å². The second-order valence-corrected chi connectivity index (χ2v) is 12.6. The number of carbonyl (C=O) groups is 1. The van der Waals surface area contributed by atoms with Crippen LogP contribution >= 0.6 is 11.8 Å². The minimum absolute atomic E-state index is 0.0510. The van der Waals surface area contributed by atoms with Crippen LogP contribution in [0.15, 0.2) is 88.6 Å². The second kappa shape index (κ2) is 12.3. The van der Waals surface area contributed by atoms with Crippen LogP contribution in [0.3, 0.4) is 0 Å². The van der Waals surface area contributed by atoms with Crippen LogP contribution < -0.4 is 15.0 Å². The third-order valence-electron chi connectivity index (χ3n) is 7.37. The van der Waals surface area contributed by atoms with Gasteiger partial charge in [0.1, 0.15) is 12.0 Å². The van der Waals surface area contributed by atoms with Crippen LogP contribution in [-0.4, -0.2) is 38.0 Å². The number of nitrogens with zero attached hydrogens (tertiary/aromatic N) is 1. The number of hydrogen-bond acceptors (Lipinski definition) is 7. The van der Waals surface area contributed by atoms with Gasteiger partial charge in [-0.15, -0.1) is 11.8 Å². The van der Waals surface area contributed by atoms with Gasteiger partial charge in [-0.1, -0.05) is 44.2 Å². The van der Waals surface area contributed by atoms with Crippen LogP contribution in [-0.2, 0) is 21.2 Å². The number of benzene rings is 3. The number of halogens is 1. The topological polar surface area (TPSA) is 95.9 Å². The summed E-state index contributed by atoms with van der Waals surface area (Å²) in [4.78, 5) is 13.5. The van der Waals surface area contributed by atoms with Gasteiger partial charge in [-0.25, -0.2) is 13.2 Å². The molecule has 7 nitrogen and oxygen atoms in total. The highest BCUT2D eigenvalue weighted by molar-refractivity contribution is 7.98. The average Bonchev–Trinajstić information content (AvgIpc) is 3.06. The van der Waals surface area contributed by atoms with Crippen molar-refractivity contribution >= 4 is 44.6 Å². The molecular weight excluding hydrogens is 551 g/mol. The SMILES string of the molecule is CCC1(CC)CN(c2ccc(NCc3ccccc3)cc2)c2cc(SC)c(O/C=C(\F)C(=O)O)cc2S(=O)(=O)C1. The molecule has 40 heavy (non-hydrogen) atoms. The molecule has 0 amide bonds. The van der Waals surface area contributed by atoms with E-state index in [0.29, 0.717) is 42.8 Å². The van der Waals surface area contributed by atoms with Gasteiger partial charge < -0.3 is 20.1 Å². The van der Waals surface area contributed by atoms with Crippen molar-refractivity contribution in [3.8, 4) is 5.75 Å². The summed E-state index contributed by atoms with van der Waals surface area (Å²) in [7, 11) is -3.78. The zero-order chi connectivity index (χ0) is 28.9. The largest absolute Gasteiger partial charge is 0.476 e. The number of anilines is 3. The first-order chi connectivity index (χ1) is 19.1. The minimum Gasteiger partial charge on any atom is -0.476 e. The first-order valence-electron chi connectivity index (χ1n) is 13.0. The molecule has 0 aromatic heterocycles. The predicted molar refractivity (Wildman–Crippen MR) is 158 cm³/mol. The summed E-state index contributed by atoms with van der Waals surface area (Å²) >= 11 is 1.30. The van der Waals surface area contributed by atoms with Gasteiger partial charge in [0.25, 0.3) is 0 Å². The first kappa shape index (κ1) is 29.5. The number of rotatable bonds is 10. The Kier molecular flexibility index (Phi) is 9.10. The Labute approximate surface area is 239 Å². The smallest absolute Gasteiger partial charge is 0.368 e. The van der Waals surface area contributed by atoms with E-state index in [1.807, 2.05) is 61.2 Å². The maximum absolute atomic E-state index is 13.8. The van der Waals surface area contributed by atoms with Crippen molar-refractivity contribution < 1.29 is 27.4 Å². The molecule has 3 aromatic rings. The average molecular weight is 585 g/mol. The molecule has 0 atom stereocenters. The number of aliphatic carboxylic acids is 1. The lowest BCUT2D eigenvalue weighted by atomic mass is 9.83. The molecule has 0 saturated carbocycles. The number of nitrogens with one attached hydrogen (secondary N) is 1. The molecule has 4 rings (SSSR count). The van der Waals surface area contributed by atoms with Gasteiger partial charge in [0.05, 0.1) is 21.2 Å². The lowest BCUT2D eigenvalue weighted by Crippen LogP contribution is -2.37. The highest BCUT2D eigenvalue weighted by atomic mass is 32.2. The van der Waals surface area contributed by atoms with Crippen molar-refractivity contribution in [2.24, 2.45) is 5.41 Å². The summed E-state index contributed by atoms with van der Waals surface area (Å²) in [5.41, 5.74) is 2.95. The van der Waals surface area contributed by atoms with Crippen molar-refractivity contribution in [3.05, 3.63) is 84.4 Å². The van der Waals surface area contributed by atoms with E-state index in [2.05, 4.69) is 17.4 Å². The first-order valence-corrected chi connectivity index (χ1v) is 15.8. The van der Waals surface area contributed by atoms with Crippen molar-refractivity contribution in [2.45, 2.75) is 43.0 Å². The summed E-state index contributed by atoms with van der Waals surface area (Å²) in [5, 5.41) is 12.3. The van der Waals surface area contributed by atoms with Crippen molar-refractivity contribution in [3.63, 3.8) is 0 Å². The second-order valence-electron chi connectivity index (χ2n) is 9.80. The van der Waals surface area contributed by atoms with Crippen LogP contribution in [0, 0.1) is 5.41 Å². The molecule has 0 spiro atoms. The molecule has 1 aliphatic rings. The van der Waals surface area contributed by atoms with E-state index in [1.165, 1.54) is 17.8 Å². The zero-order valence-corrected chi connectivity index (χ0v) is 24.3. The molecule has 3 aromatic carbocycles. The standard InChI is InChI=1S/C30H33FN2O5S2/c1-4-30(5-2)19-33(23-13-11-22(12-14-23)32-17-21-9-7-6-8-10-21)25-15-27(39-3)26(38-18-24(31)29(34)35)16-28(25)40(36,37)20-30/h6-16,18,32H,4-5,17,19-20H2,1-3H3,(H,34,35)/b24-18-. The normalized spacial score (nSPS) is 16.1. The summed E-state index contributed by atoms with van der Waals surface area (Å²) in [6, 6.07) is 21.1. The Morgan fingerprint density at radius 2 is 1.80 bits per heavy atom. The van der Waals surface area contributed by atoms with E-state index in [1.54, 1.807) is 12.3 Å². The molecule has 1 aliphatic heterocycles. The maximum Gasteiger partial charge on any atom is 0.368 e. The molecular formula is C30H33FN2O5S2. The number of carboxylic acid groups (broad SMARTS) is 1. The van der Waals surface area contributed by atoms with Crippen molar-refractivity contribution in [1.82, 2.24) is 0 Å². The van der Waals surface area contributed by atoms with Gasteiger partial charge in [0.15, 0.2) is 9.84 Å². The van der Waals surface area contributed by atoms with Crippen molar-refractivity contribution in [2.75, 3.05) is 28.8 Å². The van der Waals surface area contributed by atoms with Crippen LogP contribution in [0.4, 0.5) is 21.5 Å². The quantitative estimate of drug-likeness (QED) is 0.149. The van der Waals surface area contributed by atoms with Gasteiger partial charge in [-0.2, -0.15) is 4.39 Å². The van der Waals surface area contributed by atoms with Gasteiger partial charge in [0.2, 0.25) is 5.83 Å². The summed E-state index contributed by atoms with van der Waals surface area (Å²) in [6.45, 7) is 5.18. The van der Waals surface area contributed by atoms with E-state index >= 15 is 0 Å². The van der Waals surface area contributed by atoms with Crippen LogP contribution in [0.5, 0.6) is 5.75 Å². The fraction of sp³-hybridized carbons (Fsp3) is 0.300. The summed E-state index contributed by atoms with van der Waals surface area (Å²) in [5.74, 6) is -3.22. The number of ether oxygens (including phenoxy) is 1. The lowest BCUT2D eigenvalue weighted by molar-refractivity contribution is -0.134. The number of hydrogen-bond donors (Lipinski definition) is 2. The molecule has 0 fully saturated rings. The Hall–Kier alpha value is -3.50. The van der Waals surface area contributed by atoms with E-state index in [0.717, 1.165) is 16.9 Å². The van der Waals surface area contributed by atoms with Crippen LogP contribution in [0.2, 0.25) is 0 Å². The van der Waals surface area contributed by atoms with E-state index < -0.39 is 27.0 Å². The minimum atomic E-state index is -3.78. The monoisotopic (exact) mass is 584 g/mol. The number of carboxylic acids is 1. The van der Waals surface area contributed by atoms with Gasteiger partial charge in [-0.05, 0) is 55.0 Å². The molecule has 0 bridgehead atoms. The molecule has 0 radical (unpaired) electrons. The molecule has 0 saturated heterocycles. The summed E-state index contributed by atoms with van der Waals surface area (Å²) < 4.78 is 46.6. The molecule has 1 heterocycles. The Morgan fingerprint density at radius 3 is 2.40 bits per heavy atom. The third kappa shape index (κ3) is 6.45. The fourth-order valence-corrected chi connectivity index (χ4v) is 7.60. The number of fused-ring (bicyclic) bond motifs is 1. The molecule has 2 N–H and O–H groups in total. The molecule has 0 aliphatic carbocycles. The maximum atomic E-state index is 13.8. The van der Waals surface area contributed by atoms with Crippen LogP contribution in [0.1, 0.15) is 32.3 Å². The van der Waals surface area contributed by atoms with Crippen LogP contribution in [0.25, 0.3) is 0 Å². The van der Waals surface area contributed by atoms with Gasteiger partial charge >= 0.3 is 5.97 Å². The number of sulfone groups is 1. The predicted octanol–water partition coefficient (Wildman–Crippen LogP) is 7.03. The Balaban J connectivity index is 1.77.